The van der Waals surface area contributed by atoms with Gasteiger partial charge in [0.1, 0.15) is 5.69 Å². The van der Waals surface area contributed by atoms with Gasteiger partial charge in [0.25, 0.3) is 5.91 Å². The summed E-state index contributed by atoms with van der Waals surface area (Å²) in [6.07, 6.45) is 3.40. The maximum Gasteiger partial charge on any atom is 0.272 e. The molecule has 0 saturated carbocycles. The van der Waals surface area contributed by atoms with Crippen molar-refractivity contribution in [1.82, 2.24) is 15.2 Å². The molecule has 0 aliphatic carbocycles. The van der Waals surface area contributed by atoms with Crippen molar-refractivity contribution < 1.29 is 4.79 Å². The third kappa shape index (κ3) is 4.04. The van der Waals surface area contributed by atoms with Crippen LogP contribution in [0, 0.1) is 12.8 Å². The first-order chi connectivity index (χ1) is 9.70. The van der Waals surface area contributed by atoms with Crippen molar-refractivity contribution in [2.75, 3.05) is 26.2 Å². The number of amides is 1. The zero-order valence-corrected chi connectivity index (χ0v) is 12.6. The average molecular weight is 275 g/mol. The van der Waals surface area contributed by atoms with Crippen molar-refractivity contribution in [2.24, 2.45) is 5.92 Å². The van der Waals surface area contributed by atoms with Gasteiger partial charge in [-0.15, -0.1) is 0 Å². The van der Waals surface area contributed by atoms with E-state index in [1.807, 2.05) is 30.0 Å². The Bertz CT molecular complexity index is 441. The number of carbonyl (C=O) groups is 1. The lowest BCUT2D eigenvalue weighted by molar-refractivity contribution is 0.0712. The maximum atomic E-state index is 12.6. The van der Waals surface area contributed by atoms with E-state index >= 15 is 0 Å². The summed E-state index contributed by atoms with van der Waals surface area (Å²) in [6, 6.07) is 5.64. The number of aryl methyl sites for hydroxylation is 1. The van der Waals surface area contributed by atoms with Gasteiger partial charge < -0.3 is 10.2 Å². The van der Waals surface area contributed by atoms with Gasteiger partial charge in [0.05, 0.1) is 0 Å². The molecule has 1 amide bonds. The summed E-state index contributed by atoms with van der Waals surface area (Å²) in [5, 5.41) is 3.42. The number of carbonyl (C=O) groups excluding carboxylic acids is 1. The van der Waals surface area contributed by atoms with Crippen molar-refractivity contribution in [1.29, 1.82) is 0 Å². The molecule has 2 heterocycles. The Labute approximate surface area is 121 Å². The highest BCUT2D eigenvalue weighted by atomic mass is 16.2. The average Bonchev–Trinajstić information content (AvgIpc) is 2.47. The molecule has 0 spiro atoms. The highest BCUT2D eigenvalue weighted by molar-refractivity contribution is 5.92. The number of nitrogens with zero attached hydrogens (tertiary/aromatic N) is 2. The summed E-state index contributed by atoms with van der Waals surface area (Å²) in [6.45, 7) is 7.82. The van der Waals surface area contributed by atoms with Crippen LogP contribution in [0.4, 0.5) is 0 Å². The van der Waals surface area contributed by atoms with E-state index in [1.165, 1.54) is 12.8 Å². The molecule has 4 nitrogen and oxygen atoms in total. The summed E-state index contributed by atoms with van der Waals surface area (Å²) in [7, 11) is 0. The zero-order valence-electron chi connectivity index (χ0n) is 12.6. The van der Waals surface area contributed by atoms with Crippen LogP contribution >= 0.6 is 0 Å². The quantitative estimate of drug-likeness (QED) is 0.896. The predicted molar refractivity (Wildman–Crippen MR) is 80.8 cm³/mol. The van der Waals surface area contributed by atoms with Crippen LogP contribution in [0.15, 0.2) is 18.2 Å². The van der Waals surface area contributed by atoms with E-state index in [0.29, 0.717) is 11.6 Å². The molecule has 1 fully saturated rings. The molecule has 110 valence electrons. The second-order valence-corrected chi connectivity index (χ2v) is 5.63. The Morgan fingerprint density at radius 2 is 2.35 bits per heavy atom. The number of aromatic nitrogens is 1. The van der Waals surface area contributed by atoms with Crippen molar-refractivity contribution >= 4 is 5.91 Å². The molecule has 0 aromatic carbocycles. The fourth-order valence-electron chi connectivity index (χ4n) is 2.76. The Morgan fingerprint density at radius 3 is 3.00 bits per heavy atom. The Balaban J connectivity index is 2.04. The van der Waals surface area contributed by atoms with E-state index in [2.05, 4.69) is 17.2 Å². The normalized spacial score (nSPS) is 18.8. The maximum absolute atomic E-state index is 12.6. The molecule has 1 atom stereocenters. The van der Waals surface area contributed by atoms with E-state index < -0.39 is 0 Å². The molecule has 1 aliphatic heterocycles. The predicted octanol–water partition coefficient (Wildman–Crippen LogP) is 2.24. The van der Waals surface area contributed by atoms with Crippen LogP contribution in [0.25, 0.3) is 0 Å². The van der Waals surface area contributed by atoms with Crippen LogP contribution in [0.5, 0.6) is 0 Å². The highest BCUT2D eigenvalue weighted by Crippen LogP contribution is 2.14. The molecular weight excluding hydrogens is 250 g/mol. The first-order valence-corrected chi connectivity index (χ1v) is 7.64. The van der Waals surface area contributed by atoms with Crippen LogP contribution in [0.1, 0.15) is 42.4 Å². The number of hydrogen-bond acceptors (Lipinski definition) is 3. The topological polar surface area (TPSA) is 45.2 Å². The highest BCUT2D eigenvalue weighted by Gasteiger charge is 2.21. The number of rotatable bonds is 5. The molecule has 0 bridgehead atoms. The minimum Gasteiger partial charge on any atom is -0.337 e. The van der Waals surface area contributed by atoms with Gasteiger partial charge in [0.2, 0.25) is 0 Å². The van der Waals surface area contributed by atoms with Crippen LogP contribution in [0.2, 0.25) is 0 Å². The van der Waals surface area contributed by atoms with E-state index in [9.17, 15) is 4.79 Å². The molecule has 2 rings (SSSR count). The molecule has 1 unspecified atom stereocenters. The molecule has 1 aromatic heterocycles. The van der Waals surface area contributed by atoms with E-state index in [1.54, 1.807) is 0 Å². The SMILES string of the molecule is CCCN(CC1CCCNC1)C(=O)c1cccc(C)n1. The van der Waals surface area contributed by atoms with Crippen molar-refractivity contribution in [3.05, 3.63) is 29.6 Å². The molecule has 4 heteroatoms. The monoisotopic (exact) mass is 275 g/mol. The molecule has 0 radical (unpaired) electrons. The lowest BCUT2D eigenvalue weighted by Crippen LogP contribution is -2.41. The smallest absolute Gasteiger partial charge is 0.272 e. The van der Waals surface area contributed by atoms with Gasteiger partial charge in [0, 0.05) is 18.8 Å². The van der Waals surface area contributed by atoms with Gasteiger partial charge in [-0.2, -0.15) is 0 Å². The number of pyridine rings is 1. The lowest BCUT2D eigenvalue weighted by Gasteiger charge is -2.30. The molecule has 1 aliphatic rings. The molecule has 1 aromatic rings. The van der Waals surface area contributed by atoms with Crippen LogP contribution in [-0.4, -0.2) is 42.0 Å². The zero-order chi connectivity index (χ0) is 14.4. The first-order valence-electron chi connectivity index (χ1n) is 7.64. The molecule has 1 N–H and O–H groups in total. The fraction of sp³-hybridized carbons (Fsp3) is 0.625. The van der Waals surface area contributed by atoms with Crippen LogP contribution in [-0.2, 0) is 0 Å². The van der Waals surface area contributed by atoms with Gasteiger partial charge in [-0.25, -0.2) is 4.98 Å². The lowest BCUT2D eigenvalue weighted by atomic mass is 9.99. The second kappa shape index (κ2) is 7.39. The largest absolute Gasteiger partial charge is 0.337 e. The molecule has 1 saturated heterocycles. The van der Waals surface area contributed by atoms with Crippen LogP contribution < -0.4 is 5.32 Å². The third-order valence-corrected chi connectivity index (χ3v) is 3.77. The van der Waals surface area contributed by atoms with Gasteiger partial charge >= 0.3 is 0 Å². The Kier molecular flexibility index (Phi) is 5.53. The minimum atomic E-state index is 0.0705. The minimum absolute atomic E-state index is 0.0705. The summed E-state index contributed by atoms with van der Waals surface area (Å²) in [4.78, 5) is 18.9. The van der Waals surface area contributed by atoms with Gasteiger partial charge in [0.15, 0.2) is 0 Å². The van der Waals surface area contributed by atoms with Crippen LogP contribution in [0.3, 0.4) is 0 Å². The second-order valence-electron chi connectivity index (χ2n) is 5.63. The molecular formula is C16H25N3O. The Morgan fingerprint density at radius 1 is 1.50 bits per heavy atom. The Hall–Kier alpha value is -1.42. The summed E-state index contributed by atoms with van der Waals surface area (Å²) in [5.41, 5.74) is 1.47. The third-order valence-electron chi connectivity index (χ3n) is 3.77. The standard InChI is InChI=1S/C16H25N3O/c1-3-10-19(12-14-7-5-9-17-11-14)16(20)15-8-4-6-13(2)18-15/h4,6,8,14,17H,3,5,7,9-12H2,1-2H3. The van der Waals surface area contributed by atoms with Gasteiger partial charge in [-0.05, 0) is 57.3 Å². The van der Waals surface area contributed by atoms with Crippen molar-refractivity contribution in [2.45, 2.75) is 33.1 Å². The fourth-order valence-corrected chi connectivity index (χ4v) is 2.76. The first kappa shape index (κ1) is 15.0. The van der Waals surface area contributed by atoms with E-state index in [-0.39, 0.29) is 5.91 Å². The van der Waals surface area contributed by atoms with Gasteiger partial charge in [-0.3, -0.25) is 4.79 Å². The number of piperidine rings is 1. The van der Waals surface area contributed by atoms with Gasteiger partial charge in [-0.1, -0.05) is 13.0 Å². The van der Waals surface area contributed by atoms with Crippen molar-refractivity contribution in [3.63, 3.8) is 0 Å². The molecule has 20 heavy (non-hydrogen) atoms. The summed E-state index contributed by atoms with van der Waals surface area (Å²) in [5.74, 6) is 0.644. The number of hydrogen-bond donors (Lipinski definition) is 1. The summed E-state index contributed by atoms with van der Waals surface area (Å²) >= 11 is 0. The van der Waals surface area contributed by atoms with Crippen molar-refractivity contribution in [3.8, 4) is 0 Å². The van der Waals surface area contributed by atoms with E-state index in [4.69, 9.17) is 0 Å². The number of nitrogens with one attached hydrogen (secondary N) is 1. The van der Waals surface area contributed by atoms with E-state index in [0.717, 1.165) is 38.3 Å². The summed E-state index contributed by atoms with van der Waals surface area (Å²) < 4.78 is 0.